The Kier molecular flexibility index (Phi) is 7.15. The van der Waals surface area contributed by atoms with Gasteiger partial charge in [0.2, 0.25) is 0 Å². The van der Waals surface area contributed by atoms with E-state index in [0.29, 0.717) is 15.2 Å². The van der Waals surface area contributed by atoms with E-state index in [1.807, 2.05) is 30.3 Å². The van der Waals surface area contributed by atoms with Gasteiger partial charge < -0.3 is 10.2 Å². The van der Waals surface area contributed by atoms with Crippen molar-refractivity contribution in [2.24, 2.45) is 0 Å². The number of nitrogens with one attached hydrogen (secondary N) is 1. The van der Waals surface area contributed by atoms with Crippen LogP contribution in [0.25, 0.3) is 0 Å². The van der Waals surface area contributed by atoms with Crippen molar-refractivity contribution in [3.63, 3.8) is 0 Å². The van der Waals surface area contributed by atoms with E-state index in [-0.39, 0.29) is 0 Å². The van der Waals surface area contributed by atoms with Gasteiger partial charge in [-0.3, -0.25) is 0 Å². The van der Waals surface area contributed by atoms with Crippen LogP contribution in [-0.4, -0.2) is 16.6 Å². The topological polar surface area (TPSA) is 15.3 Å². The molecule has 5 heteroatoms. The zero-order chi connectivity index (χ0) is 16.7. The van der Waals surface area contributed by atoms with Gasteiger partial charge in [-0.25, -0.2) is 0 Å². The number of benzene rings is 2. The van der Waals surface area contributed by atoms with Crippen molar-refractivity contribution in [2.45, 2.75) is 26.3 Å². The highest BCUT2D eigenvalue weighted by atomic mass is 35.5. The molecule has 0 fully saturated rings. The average molecular weight is 367 g/mol. The van der Waals surface area contributed by atoms with Crippen LogP contribution in [0.3, 0.4) is 0 Å². The molecule has 2 rings (SSSR count). The highest BCUT2D eigenvalue weighted by Crippen LogP contribution is 2.29. The first-order valence-corrected chi connectivity index (χ1v) is 8.82. The monoisotopic (exact) mass is 366 g/mol. The first-order valence-electron chi connectivity index (χ1n) is 7.65. The maximum atomic E-state index is 6.23. The number of halogens is 2. The Morgan fingerprint density at radius 3 is 2.52 bits per heavy atom. The lowest BCUT2D eigenvalue weighted by Gasteiger charge is -2.26. The van der Waals surface area contributed by atoms with Gasteiger partial charge in [0.25, 0.3) is 0 Å². The summed E-state index contributed by atoms with van der Waals surface area (Å²) in [5, 5.41) is 4.89. The molecule has 0 heterocycles. The van der Waals surface area contributed by atoms with Crippen LogP contribution in [0.4, 0.5) is 5.69 Å². The van der Waals surface area contributed by atoms with Gasteiger partial charge in [-0.15, -0.1) is 0 Å². The summed E-state index contributed by atoms with van der Waals surface area (Å²) in [6.07, 6.45) is 2.20. The summed E-state index contributed by atoms with van der Waals surface area (Å²) in [7, 11) is 0. The normalized spacial score (nSPS) is 10.4. The summed E-state index contributed by atoms with van der Waals surface area (Å²) in [6.45, 7) is 3.84. The number of thiocarbonyl (C=S) groups is 1. The quantitative estimate of drug-likeness (QED) is 0.631. The Morgan fingerprint density at radius 1 is 1.09 bits per heavy atom. The fraction of sp³-hybridized carbons (Fsp3) is 0.278. The predicted molar refractivity (Wildman–Crippen MR) is 104 cm³/mol. The van der Waals surface area contributed by atoms with Gasteiger partial charge in [0, 0.05) is 13.1 Å². The van der Waals surface area contributed by atoms with Gasteiger partial charge in [0.1, 0.15) is 0 Å². The number of anilines is 1. The van der Waals surface area contributed by atoms with Crippen molar-refractivity contribution < 1.29 is 0 Å². The minimum absolute atomic E-state index is 0.492. The summed E-state index contributed by atoms with van der Waals surface area (Å²) in [4.78, 5) is 2.16. The van der Waals surface area contributed by atoms with Crippen molar-refractivity contribution >= 4 is 46.2 Å². The maximum Gasteiger partial charge on any atom is 0.173 e. The number of unbranched alkanes of at least 4 members (excludes halogenated alkanes) is 1. The summed E-state index contributed by atoms with van der Waals surface area (Å²) < 4.78 is 0. The third kappa shape index (κ3) is 5.38. The molecular weight excluding hydrogens is 347 g/mol. The van der Waals surface area contributed by atoms with E-state index in [4.69, 9.17) is 35.4 Å². The van der Waals surface area contributed by atoms with Crippen LogP contribution in [0.15, 0.2) is 48.5 Å². The third-order valence-corrected chi connectivity index (χ3v) is 4.66. The average Bonchev–Trinajstić information content (AvgIpc) is 2.56. The Labute approximate surface area is 153 Å². The molecule has 0 atom stereocenters. The van der Waals surface area contributed by atoms with E-state index < -0.39 is 0 Å². The Bertz CT molecular complexity index is 647. The van der Waals surface area contributed by atoms with Crippen LogP contribution >= 0.6 is 35.4 Å². The van der Waals surface area contributed by atoms with Gasteiger partial charge in [-0.05, 0) is 36.3 Å². The lowest BCUT2D eigenvalue weighted by Crippen LogP contribution is -2.35. The first kappa shape index (κ1) is 18.1. The van der Waals surface area contributed by atoms with Crippen molar-refractivity contribution in [1.29, 1.82) is 0 Å². The molecule has 122 valence electrons. The van der Waals surface area contributed by atoms with Crippen LogP contribution in [0.5, 0.6) is 0 Å². The molecule has 0 aliphatic rings. The van der Waals surface area contributed by atoms with Crippen molar-refractivity contribution in [3.05, 3.63) is 64.1 Å². The van der Waals surface area contributed by atoms with Gasteiger partial charge in [-0.2, -0.15) is 0 Å². The number of hydrogen-bond acceptors (Lipinski definition) is 1. The summed E-state index contributed by atoms with van der Waals surface area (Å²) >= 11 is 17.9. The fourth-order valence-corrected chi connectivity index (χ4v) is 2.81. The summed E-state index contributed by atoms with van der Waals surface area (Å²) in [5.74, 6) is 0. The second-order valence-corrected chi connectivity index (χ2v) is 6.46. The highest BCUT2D eigenvalue weighted by molar-refractivity contribution is 7.80. The molecule has 0 saturated carbocycles. The minimum Gasteiger partial charge on any atom is -0.345 e. The molecule has 0 aliphatic carbocycles. The van der Waals surface area contributed by atoms with Crippen LogP contribution in [0, 0.1) is 0 Å². The highest BCUT2D eigenvalue weighted by Gasteiger charge is 2.12. The Hall–Kier alpha value is -1.29. The molecule has 2 aromatic carbocycles. The van der Waals surface area contributed by atoms with Gasteiger partial charge in [0.05, 0.1) is 15.7 Å². The molecule has 0 amide bonds. The van der Waals surface area contributed by atoms with Gasteiger partial charge in [-0.1, -0.05) is 72.9 Å². The molecule has 1 N–H and O–H groups in total. The molecule has 2 aromatic rings. The second kappa shape index (κ2) is 9.11. The number of hydrogen-bond donors (Lipinski definition) is 1. The van der Waals surface area contributed by atoms with Crippen LogP contribution in [-0.2, 0) is 6.54 Å². The smallest absolute Gasteiger partial charge is 0.173 e. The Balaban J connectivity index is 2.11. The van der Waals surface area contributed by atoms with Crippen LogP contribution in [0.2, 0.25) is 10.0 Å². The lowest BCUT2D eigenvalue weighted by atomic mass is 10.2. The van der Waals surface area contributed by atoms with E-state index in [0.717, 1.165) is 31.6 Å². The molecule has 0 bridgehead atoms. The van der Waals surface area contributed by atoms with Crippen molar-refractivity contribution in [2.75, 3.05) is 11.9 Å². The molecule has 0 spiro atoms. The number of nitrogens with zero attached hydrogens (tertiary/aromatic N) is 1. The van der Waals surface area contributed by atoms with E-state index >= 15 is 0 Å². The number of rotatable bonds is 6. The summed E-state index contributed by atoms with van der Waals surface area (Å²) in [5.41, 5.74) is 1.96. The fourth-order valence-electron chi connectivity index (χ4n) is 2.20. The second-order valence-electron chi connectivity index (χ2n) is 5.29. The lowest BCUT2D eigenvalue weighted by molar-refractivity contribution is 0.408. The van der Waals surface area contributed by atoms with Crippen LogP contribution < -0.4 is 5.32 Å². The van der Waals surface area contributed by atoms with Crippen LogP contribution in [0.1, 0.15) is 25.3 Å². The van der Waals surface area contributed by atoms with Gasteiger partial charge in [0.15, 0.2) is 5.11 Å². The van der Waals surface area contributed by atoms with Gasteiger partial charge >= 0.3 is 0 Å². The zero-order valence-electron chi connectivity index (χ0n) is 13.1. The zero-order valence-corrected chi connectivity index (χ0v) is 15.4. The van der Waals surface area contributed by atoms with E-state index in [9.17, 15) is 0 Å². The van der Waals surface area contributed by atoms with Crippen molar-refractivity contribution in [1.82, 2.24) is 4.90 Å². The molecule has 0 aliphatic heterocycles. The minimum atomic E-state index is 0.492. The predicted octanol–water partition coefficient (Wildman–Crippen LogP) is 5.99. The van der Waals surface area contributed by atoms with Crippen molar-refractivity contribution in [3.8, 4) is 0 Å². The third-order valence-electron chi connectivity index (χ3n) is 3.48. The largest absolute Gasteiger partial charge is 0.345 e. The molecule has 2 nitrogen and oxygen atoms in total. The van der Waals surface area contributed by atoms with E-state index in [2.05, 4.69) is 29.3 Å². The molecular formula is C18H20Cl2N2S. The molecule has 0 radical (unpaired) electrons. The Morgan fingerprint density at radius 2 is 1.83 bits per heavy atom. The molecule has 0 unspecified atom stereocenters. The first-order chi connectivity index (χ1) is 11.1. The molecule has 23 heavy (non-hydrogen) atoms. The van der Waals surface area contributed by atoms with E-state index in [1.54, 1.807) is 6.07 Å². The molecule has 0 saturated heterocycles. The summed E-state index contributed by atoms with van der Waals surface area (Å²) in [6, 6.07) is 15.8. The standard InChI is InChI=1S/C18H20Cl2N2S/c1-2-3-12-22(13-14-8-5-4-6-9-14)18(23)21-16-11-7-10-15(19)17(16)20/h4-11H,2-3,12-13H2,1H3,(H,21,23). The van der Waals surface area contributed by atoms with E-state index in [1.165, 1.54) is 5.56 Å². The molecule has 0 aromatic heterocycles. The maximum absolute atomic E-state index is 6.23. The SMILES string of the molecule is CCCCN(Cc1ccccc1)C(=S)Nc1cccc(Cl)c1Cl.